The smallest absolute Gasteiger partial charge is 0.176 e. The topological polar surface area (TPSA) is 82.3 Å². The molecule has 0 saturated heterocycles. The zero-order chi connectivity index (χ0) is 26.3. The van der Waals surface area contributed by atoms with Crippen LogP contribution in [0.15, 0.2) is 79.4 Å². The van der Waals surface area contributed by atoms with E-state index >= 15 is 0 Å². The monoisotopic (exact) mass is 534 g/mol. The molecule has 39 heavy (non-hydrogen) atoms. The van der Waals surface area contributed by atoms with Gasteiger partial charge in [0.05, 0.1) is 23.1 Å². The Morgan fingerprint density at radius 2 is 1.87 bits per heavy atom. The van der Waals surface area contributed by atoms with Gasteiger partial charge in [0.2, 0.25) is 0 Å². The van der Waals surface area contributed by atoms with Gasteiger partial charge in [-0.3, -0.25) is 10.1 Å². The van der Waals surface area contributed by atoms with Crippen molar-refractivity contribution in [3.63, 3.8) is 0 Å². The number of hydrogen-bond acceptors (Lipinski definition) is 5. The van der Waals surface area contributed by atoms with Crippen LogP contribution in [0.2, 0.25) is 0 Å². The Kier molecular flexibility index (Phi) is 5.97. The molecule has 6 aromatic rings. The predicted octanol–water partition coefficient (Wildman–Crippen LogP) is 8.54. The van der Waals surface area contributed by atoms with Gasteiger partial charge in [0.15, 0.2) is 5.13 Å². The van der Waals surface area contributed by atoms with Crippen LogP contribution < -0.4 is 5.32 Å². The summed E-state index contributed by atoms with van der Waals surface area (Å²) in [5, 5.41) is 13.0. The number of benzene rings is 1. The van der Waals surface area contributed by atoms with Crippen LogP contribution in [-0.4, -0.2) is 25.1 Å². The van der Waals surface area contributed by atoms with Crippen molar-refractivity contribution in [2.24, 2.45) is 5.92 Å². The number of thiophene rings is 1. The first-order valence-electron chi connectivity index (χ1n) is 13.3. The highest BCUT2D eigenvalue weighted by atomic mass is 32.1. The molecule has 0 radical (unpaired) electrons. The van der Waals surface area contributed by atoms with E-state index in [-0.39, 0.29) is 5.13 Å². The molecule has 0 spiro atoms. The fourth-order valence-electron chi connectivity index (χ4n) is 5.63. The number of pyridine rings is 2. The number of aromatic nitrogens is 5. The van der Waals surface area contributed by atoms with E-state index in [0.717, 1.165) is 77.6 Å². The third-order valence-electron chi connectivity index (χ3n) is 7.66. The van der Waals surface area contributed by atoms with E-state index < -0.39 is 0 Å². The third kappa shape index (κ3) is 4.51. The zero-order valence-electron chi connectivity index (χ0n) is 21.3. The molecule has 0 unspecified atom stereocenters. The van der Waals surface area contributed by atoms with Crippen molar-refractivity contribution in [1.29, 1.82) is 0 Å². The van der Waals surface area contributed by atoms with E-state index in [1.165, 1.54) is 38.2 Å². The fraction of sp³-hybridized carbons (Fsp3) is 0.194. The van der Waals surface area contributed by atoms with Crippen LogP contribution in [0.25, 0.3) is 54.9 Å². The predicted molar refractivity (Wildman–Crippen MR) is 157 cm³/mol. The molecular weight excluding hydrogens is 507 g/mol. The molecule has 1 fully saturated rings. The second-order valence-electron chi connectivity index (χ2n) is 10.2. The van der Waals surface area contributed by atoms with Crippen LogP contribution in [0.4, 0.5) is 10.1 Å². The van der Waals surface area contributed by atoms with Crippen molar-refractivity contribution < 1.29 is 4.39 Å². The molecule has 1 aliphatic rings. The number of hydrogen-bond donors (Lipinski definition) is 3. The average molecular weight is 535 g/mol. The van der Waals surface area contributed by atoms with Crippen LogP contribution >= 0.6 is 11.3 Å². The number of aromatic amines is 2. The number of nitrogens with one attached hydrogen (secondary N) is 3. The molecule has 0 atom stereocenters. The Morgan fingerprint density at radius 3 is 2.72 bits per heavy atom. The average Bonchev–Trinajstić information content (AvgIpc) is 3.71. The van der Waals surface area contributed by atoms with Gasteiger partial charge in [0.1, 0.15) is 11.3 Å². The van der Waals surface area contributed by atoms with E-state index in [0.29, 0.717) is 5.92 Å². The number of allylic oxidation sites excluding steroid dienone is 1. The fourth-order valence-corrected chi connectivity index (χ4v) is 6.40. The molecule has 0 aliphatic heterocycles. The van der Waals surface area contributed by atoms with Gasteiger partial charge in [0.25, 0.3) is 0 Å². The maximum atomic E-state index is 13.7. The maximum absolute atomic E-state index is 13.7. The van der Waals surface area contributed by atoms with Crippen molar-refractivity contribution in [2.75, 3.05) is 5.32 Å². The lowest BCUT2D eigenvalue weighted by molar-refractivity contribution is 0.405. The van der Waals surface area contributed by atoms with E-state index in [4.69, 9.17) is 0 Å². The summed E-state index contributed by atoms with van der Waals surface area (Å²) in [6, 6.07) is 15.7. The molecule has 0 amide bonds. The van der Waals surface area contributed by atoms with Crippen LogP contribution in [-0.2, 0) is 0 Å². The summed E-state index contributed by atoms with van der Waals surface area (Å²) < 4.78 is 13.7. The largest absolute Gasteiger partial charge is 0.358 e. The van der Waals surface area contributed by atoms with Crippen molar-refractivity contribution in [2.45, 2.75) is 32.1 Å². The number of nitrogens with zero attached hydrogens (tertiary/aromatic N) is 3. The highest BCUT2D eigenvalue weighted by Crippen LogP contribution is 2.37. The molecule has 5 heterocycles. The molecule has 7 rings (SSSR count). The second kappa shape index (κ2) is 9.78. The molecule has 1 saturated carbocycles. The molecule has 1 aromatic carbocycles. The summed E-state index contributed by atoms with van der Waals surface area (Å²) in [6.07, 6.45) is 11.8. The number of fused-ring (bicyclic) bond motifs is 2. The molecule has 5 aromatic heterocycles. The summed E-state index contributed by atoms with van der Waals surface area (Å²) in [5.74, 6) is 0.525. The minimum absolute atomic E-state index is 0.205. The lowest BCUT2D eigenvalue weighted by Gasteiger charge is -2.24. The highest BCUT2D eigenvalue weighted by Gasteiger charge is 2.18. The van der Waals surface area contributed by atoms with Gasteiger partial charge in [-0.15, -0.1) is 11.3 Å². The Hall–Kier alpha value is -4.30. The highest BCUT2D eigenvalue weighted by molar-refractivity contribution is 7.14. The Morgan fingerprint density at radius 1 is 0.974 bits per heavy atom. The van der Waals surface area contributed by atoms with Gasteiger partial charge < -0.3 is 10.3 Å². The standard InChI is InChI=1S/C31H27FN6S/c1-18(19-5-3-2-4-6-19)35-22-13-21(16-33-17-22)20-7-8-26-25(14-20)30(38-37-26)27-15-24-23(11-12-34-31(24)36-27)28-9-10-29(32)39-28/h7-17,19,35H,1-6H2,(H,34,36)(H,37,38). The van der Waals surface area contributed by atoms with Gasteiger partial charge >= 0.3 is 0 Å². The van der Waals surface area contributed by atoms with Gasteiger partial charge in [-0.25, -0.2) is 4.98 Å². The summed E-state index contributed by atoms with van der Waals surface area (Å²) in [4.78, 5) is 13.3. The van der Waals surface area contributed by atoms with Gasteiger partial charge in [-0.05, 0) is 66.8 Å². The quantitative estimate of drug-likeness (QED) is 0.200. The van der Waals surface area contributed by atoms with Crippen LogP contribution in [0, 0.1) is 11.0 Å². The van der Waals surface area contributed by atoms with Crippen molar-refractivity contribution >= 4 is 39.0 Å². The van der Waals surface area contributed by atoms with Crippen molar-refractivity contribution in [3.05, 3.63) is 84.5 Å². The molecular formula is C31H27FN6S. The van der Waals surface area contributed by atoms with E-state index in [2.05, 4.69) is 55.2 Å². The van der Waals surface area contributed by atoms with Crippen molar-refractivity contribution in [1.82, 2.24) is 25.1 Å². The molecule has 1 aliphatic carbocycles. The van der Waals surface area contributed by atoms with E-state index in [1.54, 1.807) is 12.3 Å². The van der Waals surface area contributed by atoms with Crippen LogP contribution in [0.1, 0.15) is 32.1 Å². The Labute approximate surface area is 229 Å². The van der Waals surface area contributed by atoms with Gasteiger partial charge in [0, 0.05) is 44.9 Å². The minimum atomic E-state index is -0.205. The van der Waals surface area contributed by atoms with Gasteiger partial charge in [-0.1, -0.05) is 31.9 Å². The lowest BCUT2D eigenvalue weighted by atomic mass is 9.87. The first kappa shape index (κ1) is 23.8. The SMILES string of the molecule is C=C(Nc1cncc(-c2ccc3[nH]nc(-c4cc5c(-c6ccc(F)s6)ccnc5[nH]4)c3c2)c1)C1CCCCC1. The second-order valence-corrected chi connectivity index (χ2v) is 11.2. The summed E-state index contributed by atoms with van der Waals surface area (Å²) in [5.41, 5.74) is 8.39. The number of anilines is 1. The Bertz CT molecular complexity index is 1820. The number of H-pyrrole nitrogens is 2. The lowest BCUT2D eigenvalue weighted by Crippen LogP contribution is -2.14. The Balaban J connectivity index is 1.22. The normalized spacial score (nSPS) is 14.3. The first-order valence-corrected chi connectivity index (χ1v) is 14.1. The van der Waals surface area contributed by atoms with Crippen LogP contribution in [0.5, 0.6) is 0 Å². The molecule has 194 valence electrons. The molecule has 6 nitrogen and oxygen atoms in total. The zero-order valence-corrected chi connectivity index (χ0v) is 22.1. The maximum Gasteiger partial charge on any atom is 0.176 e. The summed E-state index contributed by atoms with van der Waals surface area (Å²) >= 11 is 1.13. The van der Waals surface area contributed by atoms with E-state index in [9.17, 15) is 4.39 Å². The number of halogens is 1. The summed E-state index contributed by atoms with van der Waals surface area (Å²) in [7, 11) is 0. The molecule has 0 bridgehead atoms. The van der Waals surface area contributed by atoms with Gasteiger partial charge in [-0.2, -0.15) is 9.49 Å². The van der Waals surface area contributed by atoms with E-state index in [1.807, 2.05) is 30.6 Å². The summed E-state index contributed by atoms with van der Waals surface area (Å²) in [6.45, 7) is 4.32. The van der Waals surface area contributed by atoms with Crippen molar-refractivity contribution in [3.8, 4) is 33.0 Å². The third-order valence-corrected chi connectivity index (χ3v) is 8.57. The minimum Gasteiger partial charge on any atom is -0.358 e. The molecule has 3 N–H and O–H groups in total. The van der Waals surface area contributed by atoms with Crippen LogP contribution in [0.3, 0.4) is 0 Å². The first-order chi connectivity index (χ1) is 19.1. The molecule has 8 heteroatoms. The number of rotatable bonds is 6.